The van der Waals surface area contributed by atoms with E-state index in [1.165, 1.54) is 24.3 Å². The van der Waals surface area contributed by atoms with E-state index < -0.39 is 20.9 Å². The highest BCUT2D eigenvalue weighted by molar-refractivity contribution is 7.90. The number of terminal acetylenes is 1. The van der Waals surface area contributed by atoms with Gasteiger partial charge in [0.05, 0.1) is 22.8 Å². The Kier molecular flexibility index (Phi) is 10.6. The maximum absolute atomic E-state index is 12.5. The van der Waals surface area contributed by atoms with Crippen LogP contribution in [0, 0.1) is 29.9 Å². The number of nitro benzene ring substituents is 1. The van der Waals surface area contributed by atoms with E-state index in [9.17, 15) is 23.3 Å². The number of hydrogen-bond acceptors (Lipinski definition) is 7. The number of esters is 1. The lowest BCUT2D eigenvalue weighted by molar-refractivity contribution is -0.385. The summed E-state index contributed by atoms with van der Waals surface area (Å²) in [5.74, 6) is -0.467. The summed E-state index contributed by atoms with van der Waals surface area (Å²) in [5.41, 5.74) is 1.43. The number of rotatable bonds is 7. The molecule has 0 aliphatic carbocycles. The van der Waals surface area contributed by atoms with Crippen LogP contribution in [-0.4, -0.2) is 49.0 Å². The van der Waals surface area contributed by atoms with Crippen LogP contribution in [0.5, 0.6) is 0 Å². The first-order valence-corrected chi connectivity index (χ1v) is 12.5. The number of ether oxygens (including phenoxy) is 1. The van der Waals surface area contributed by atoms with Crippen LogP contribution in [0.15, 0.2) is 77.2 Å². The SMILES string of the molecule is C#C.Cc1cc(C(=O)OCCN(Cc2ccccc2)/C2=N/S(=O)(=O)C/C=C\C=C/C2)ccc1[N+](=O)[O-]. The minimum Gasteiger partial charge on any atom is -0.460 e. The van der Waals surface area contributed by atoms with Gasteiger partial charge in [0.1, 0.15) is 12.4 Å². The van der Waals surface area contributed by atoms with Crippen LogP contribution in [0.3, 0.4) is 0 Å². The van der Waals surface area contributed by atoms with Crippen molar-refractivity contribution in [2.24, 2.45) is 4.40 Å². The smallest absolute Gasteiger partial charge is 0.338 e. The topological polar surface area (TPSA) is 119 Å². The Balaban J connectivity index is 0.00000222. The molecule has 188 valence electrons. The zero-order valence-corrected chi connectivity index (χ0v) is 20.6. The molecule has 0 atom stereocenters. The monoisotopic (exact) mass is 509 g/mol. The molecule has 0 amide bonds. The van der Waals surface area contributed by atoms with Gasteiger partial charge >= 0.3 is 5.97 Å². The van der Waals surface area contributed by atoms with Crippen molar-refractivity contribution in [3.05, 3.63) is 99.6 Å². The average Bonchev–Trinajstić information content (AvgIpc) is 2.94. The van der Waals surface area contributed by atoms with Crippen molar-refractivity contribution in [2.75, 3.05) is 18.9 Å². The summed E-state index contributed by atoms with van der Waals surface area (Å²) < 4.78 is 34.2. The fourth-order valence-corrected chi connectivity index (χ4v) is 4.29. The summed E-state index contributed by atoms with van der Waals surface area (Å²) >= 11 is 0. The van der Waals surface area contributed by atoms with Gasteiger partial charge in [-0.3, -0.25) is 10.1 Å². The maximum atomic E-state index is 12.5. The number of nitrogens with zero attached hydrogens (tertiary/aromatic N) is 3. The first kappa shape index (κ1) is 28.0. The van der Waals surface area contributed by atoms with E-state index in [-0.39, 0.29) is 30.2 Å². The number of hydrogen-bond donors (Lipinski definition) is 0. The van der Waals surface area contributed by atoms with Crippen LogP contribution in [0.4, 0.5) is 5.69 Å². The molecule has 0 aromatic heterocycles. The third-order valence-corrected chi connectivity index (χ3v) is 6.14. The number of nitro groups is 1. The van der Waals surface area contributed by atoms with Crippen molar-refractivity contribution in [3.8, 4) is 12.8 Å². The zero-order valence-electron chi connectivity index (χ0n) is 19.8. The van der Waals surface area contributed by atoms with Gasteiger partial charge in [-0.2, -0.15) is 0 Å². The molecule has 1 aliphatic rings. The van der Waals surface area contributed by atoms with Gasteiger partial charge in [-0.05, 0) is 24.6 Å². The molecule has 0 unspecified atom stereocenters. The molecule has 0 spiro atoms. The summed E-state index contributed by atoms with van der Waals surface area (Å²) in [6.07, 6.45) is 15.1. The van der Waals surface area contributed by atoms with Crippen LogP contribution in [-0.2, 0) is 21.3 Å². The third kappa shape index (κ3) is 8.52. The molecule has 9 nitrogen and oxygen atoms in total. The number of amidine groups is 1. The van der Waals surface area contributed by atoms with Crippen LogP contribution < -0.4 is 0 Å². The Morgan fingerprint density at radius 3 is 2.50 bits per heavy atom. The highest BCUT2D eigenvalue weighted by atomic mass is 32.2. The van der Waals surface area contributed by atoms with E-state index in [0.29, 0.717) is 24.4 Å². The second-order valence-corrected chi connectivity index (χ2v) is 9.30. The number of carbonyl (C=O) groups excluding carboxylic acids is 1. The first-order chi connectivity index (χ1) is 17.2. The van der Waals surface area contributed by atoms with Gasteiger partial charge in [-0.15, -0.1) is 17.2 Å². The molecule has 10 heteroatoms. The minimum absolute atomic E-state index is 0.0251. The van der Waals surface area contributed by atoms with Crippen molar-refractivity contribution < 1.29 is 22.9 Å². The Morgan fingerprint density at radius 2 is 1.83 bits per heavy atom. The number of carbonyl (C=O) groups is 1. The van der Waals surface area contributed by atoms with Gasteiger partial charge in [0.15, 0.2) is 0 Å². The Morgan fingerprint density at radius 1 is 1.14 bits per heavy atom. The van der Waals surface area contributed by atoms with Crippen LogP contribution in [0.1, 0.15) is 27.9 Å². The first-order valence-electron chi connectivity index (χ1n) is 10.9. The molecule has 1 heterocycles. The maximum Gasteiger partial charge on any atom is 0.338 e. The highest BCUT2D eigenvalue weighted by Gasteiger charge is 2.18. The van der Waals surface area contributed by atoms with E-state index in [4.69, 9.17) is 4.74 Å². The minimum atomic E-state index is -3.70. The van der Waals surface area contributed by atoms with E-state index in [1.807, 2.05) is 36.4 Å². The summed E-state index contributed by atoms with van der Waals surface area (Å²) in [6, 6.07) is 13.5. The molecule has 0 saturated carbocycles. The van der Waals surface area contributed by atoms with Gasteiger partial charge in [0.2, 0.25) is 0 Å². The predicted molar refractivity (Wildman–Crippen MR) is 139 cm³/mol. The van der Waals surface area contributed by atoms with Crippen molar-refractivity contribution in [1.29, 1.82) is 0 Å². The summed E-state index contributed by atoms with van der Waals surface area (Å²) in [5, 5.41) is 11.0. The quantitative estimate of drug-likeness (QED) is 0.239. The number of benzene rings is 2. The molecular formula is C26H27N3O6S. The van der Waals surface area contributed by atoms with Crippen LogP contribution in [0.2, 0.25) is 0 Å². The van der Waals surface area contributed by atoms with Crippen molar-refractivity contribution in [1.82, 2.24) is 4.90 Å². The normalized spacial score (nSPS) is 17.4. The standard InChI is InChI=1S/C24H25N3O6S.C2H2/c1-19-17-21(12-13-22(19)27(29)30)24(28)33-15-14-26(18-20-9-5-4-6-10-20)23-11-7-2-3-8-16-34(31,32)25-23;1-2/h2-10,12-13,17H,11,14-16,18H2,1H3;1-2H/b7-2-,8-3-,25-23+;. The van der Waals surface area contributed by atoms with E-state index in [2.05, 4.69) is 17.2 Å². The third-order valence-electron chi connectivity index (χ3n) is 5.04. The molecule has 0 saturated heterocycles. The molecule has 0 N–H and O–H groups in total. The molecule has 3 rings (SSSR count). The second kappa shape index (κ2) is 13.6. The lowest BCUT2D eigenvalue weighted by atomic mass is 10.1. The van der Waals surface area contributed by atoms with Gasteiger partial charge in [0.25, 0.3) is 15.7 Å². The van der Waals surface area contributed by atoms with Gasteiger partial charge < -0.3 is 9.64 Å². The second-order valence-electron chi connectivity index (χ2n) is 7.62. The Labute approximate surface area is 211 Å². The summed E-state index contributed by atoms with van der Waals surface area (Å²) in [6.45, 7) is 2.12. The largest absolute Gasteiger partial charge is 0.460 e. The van der Waals surface area contributed by atoms with E-state index in [1.54, 1.807) is 24.0 Å². The molecule has 2 aromatic rings. The van der Waals surface area contributed by atoms with Gasteiger partial charge in [-0.25, -0.2) is 13.2 Å². The zero-order chi connectivity index (χ0) is 26.6. The molecule has 0 radical (unpaired) electrons. The van der Waals surface area contributed by atoms with Crippen LogP contribution >= 0.6 is 0 Å². The van der Waals surface area contributed by atoms with E-state index in [0.717, 1.165) is 5.56 Å². The van der Waals surface area contributed by atoms with Crippen molar-refractivity contribution in [3.63, 3.8) is 0 Å². The summed E-state index contributed by atoms with van der Waals surface area (Å²) in [4.78, 5) is 24.7. The van der Waals surface area contributed by atoms with E-state index >= 15 is 0 Å². The Bertz CT molecular complexity index is 1280. The summed E-state index contributed by atoms with van der Waals surface area (Å²) in [7, 11) is -3.70. The van der Waals surface area contributed by atoms with Gasteiger partial charge in [0, 0.05) is 24.6 Å². The lowest BCUT2D eigenvalue weighted by Gasteiger charge is -2.25. The molecule has 2 aromatic carbocycles. The van der Waals surface area contributed by atoms with Gasteiger partial charge in [-0.1, -0.05) is 54.6 Å². The molecule has 0 bridgehead atoms. The number of aryl methyl sites for hydroxylation is 1. The average molecular weight is 510 g/mol. The fourth-order valence-electron chi connectivity index (χ4n) is 3.35. The van der Waals surface area contributed by atoms with Crippen molar-refractivity contribution in [2.45, 2.75) is 19.9 Å². The van der Waals surface area contributed by atoms with Crippen molar-refractivity contribution >= 4 is 27.5 Å². The van der Waals surface area contributed by atoms with Crippen LogP contribution in [0.25, 0.3) is 0 Å². The fraction of sp³-hybridized carbons (Fsp3) is 0.231. The molecule has 36 heavy (non-hydrogen) atoms. The predicted octanol–water partition coefficient (Wildman–Crippen LogP) is 4.06. The Hall–Kier alpha value is -4.23. The number of allylic oxidation sites excluding steroid dienone is 2. The number of sulfonamides is 1. The lowest BCUT2D eigenvalue weighted by Crippen LogP contribution is -2.34. The highest BCUT2D eigenvalue weighted by Crippen LogP contribution is 2.19. The molecule has 1 aliphatic heterocycles. The molecular weight excluding hydrogens is 482 g/mol. The molecule has 0 fully saturated rings.